The van der Waals surface area contributed by atoms with Gasteiger partial charge in [0.05, 0.1) is 25.6 Å². The Morgan fingerprint density at radius 2 is 1.93 bits per heavy atom. The lowest BCUT2D eigenvalue weighted by atomic mass is 10.1. The van der Waals surface area contributed by atoms with E-state index >= 15 is 0 Å². The van der Waals surface area contributed by atoms with Crippen molar-refractivity contribution in [2.75, 3.05) is 25.3 Å². The van der Waals surface area contributed by atoms with Crippen LogP contribution in [0.25, 0.3) is 10.9 Å². The van der Waals surface area contributed by atoms with Crippen molar-refractivity contribution < 1.29 is 4.74 Å². The highest BCUT2D eigenvalue weighted by Gasteiger charge is 2.15. The van der Waals surface area contributed by atoms with Crippen LogP contribution in [0, 0.1) is 13.8 Å². The number of guanidine groups is 1. The predicted octanol–water partition coefficient (Wildman–Crippen LogP) is 3.43. The van der Waals surface area contributed by atoms with Gasteiger partial charge < -0.3 is 10.1 Å². The maximum atomic E-state index is 5.73. The summed E-state index contributed by atoms with van der Waals surface area (Å²) >= 11 is 0. The van der Waals surface area contributed by atoms with Crippen LogP contribution in [0.15, 0.2) is 47.5 Å². The summed E-state index contributed by atoms with van der Waals surface area (Å²) in [5.41, 5.74) is 4.26. The zero-order chi connectivity index (χ0) is 20.2. The number of rotatable bonds is 5. The zero-order valence-electron chi connectivity index (χ0n) is 17.1. The van der Waals surface area contributed by atoms with Crippen molar-refractivity contribution >= 4 is 22.8 Å². The molecule has 2 heterocycles. The van der Waals surface area contributed by atoms with E-state index < -0.39 is 0 Å². The molecule has 0 unspecified atom stereocenters. The first-order valence-electron chi connectivity index (χ1n) is 9.86. The van der Waals surface area contributed by atoms with E-state index in [0.717, 1.165) is 28.9 Å². The first-order valence-corrected chi connectivity index (χ1v) is 9.86. The standard InChI is InChI=1S/C22H26N6O/c1-4-29-19-7-5-6-18-16(3)25-22(26-20(18)19)27-21-23-13-28(14-24-21)12-17-10-8-15(2)9-11-17/h5-11H,4,12-14H2,1-3H3,(H2,23,24,25,26,27). The zero-order valence-corrected chi connectivity index (χ0v) is 17.1. The van der Waals surface area contributed by atoms with Crippen LogP contribution < -0.4 is 15.4 Å². The molecule has 1 aliphatic heterocycles. The van der Waals surface area contributed by atoms with Crippen LogP contribution >= 0.6 is 0 Å². The quantitative estimate of drug-likeness (QED) is 0.695. The first kappa shape index (κ1) is 19.1. The van der Waals surface area contributed by atoms with Crippen molar-refractivity contribution in [3.05, 3.63) is 59.3 Å². The van der Waals surface area contributed by atoms with Crippen LogP contribution in [-0.4, -0.2) is 40.8 Å². The van der Waals surface area contributed by atoms with E-state index in [1.54, 1.807) is 0 Å². The molecule has 150 valence electrons. The third kappa shape index (κ3) is 4.46. The first-order chi connectivity index (χ1) is 14.1. The van der Waals surface area contributed by atoms with E-state index in [1.165, 1.54) is 11.1 Å². The smallest absolute Gasteiger partial charge is 0.230 e. The van der Waals surface area contributed by atoms with E-state index in [0.29, 0.717) is 31.9 Å². The summed E-state index contributed by atoms with van der Waals surface area (Å²) in [7, 11) is 0. The lowest BCUT2D eigenvalue weighted by Gasteiger charge is -2.27. The van der Waals surface area contributed by atoms with E-state index in [9.17, 15) is 0 Å². The number of anilines is 1. The SMILES string of the molecule is CCOc1cccc2c(C)nc(NC3=NCN(Cc4ccc(C)cc4)CN3)nc12. The number of aryl methyl sites for hydroxylation is 2. The fourth-order valence-corrected chi connectivity index (χ4v) is 3.32. The molecule has 0 bridgehead atoms. The minimum Gasteiger partial charge on any atom is -0.492 e. The van der Waals surface area contributed by atoms with E-state index in [1.807, 2.05) is 32.0 Å². The molecule has 0 amide bonds. The Labute approximate surface area is 170 Å². The van der Waals surface area contributed by atoms with Crippen molar-refractivity contribution in [2.24, 2.45) is 4.99 Å². The summed E-state index contributed by atoms with van der Waals surface area (Å²) in [4.78, 5) is 16.1. The third-order valence-electron chi connectivity index (χ3n) is 4.84. The monoisotopic (exact) mass is 390 g/mol. The molecular formula is C22H26N6O. The number of hydrogen-bond acceptors (Lipinski definition) is 7. The van der Waals surface area contributed by atoms with Gasteiger partial charge in [0, 0.05) is 11.9 Å². The van der Waals surface area contributed by atoms with Crippen LogP contribution in [0.5, 0.6) is 5.75 Å². The highest BCUT2D eigenvalue weighted by molar-refractivity contribution is 5.94. The van der Waals surface area contributed by atoms with Gasteiger partial charge in [-0.2, -0.15) is 0 Å². The fourth-order valence-electron chi connectivity index (χ4n) is 3.32. The molecule has 0 saturated carbocycles. The summed E-state index contributed by atoms with van der Waals surface area (Å²) in [5.74, 6) is 1.96. The van der Waals surface area contributed by atoms with Crippen LogP contribution in [0.1, 0.15) is 23.7 Å². The maximum absolute atomic E-state index is 5.73. The molecule has 7 heteroatoms. The number of nitrogens with zero attached hydrogens (tertiary/aromatic N) is 4. The molecule has 0 radical (unpaired) electrons. The number of aliphatic imine (C=N–C) groups is 1. The Hall–Kier alpha value is -3.19. The van der Waals surface area contributed by atoms with Crippen molar-refractivity contribution in [3.63, 3.8) is 0 Å². The van der Waals surface area contributed by atoms with Gasteiger partial charge in [-0.25, -0.2) is 15.0 Å². The van der Waals surface area contributed by atoms with Gasteiger partial charge in [-0.05, 0) is 32.4 Å². The van der Waals surface area contributed by atoms with Gasteiger partial charge in [0.15, 0.2) is 0 Å². The van der Waals surface area contributed by atoms with Crippen LogP contribution in [-0.2, 0) is 6.54 Å². The molecular weight excluding hydrogens is 364 g/mol. The molecule has 1 aromatic heterocycles. The average molecular weight is 390 g/mol. The molecule has 2 N–H and O–H groups in total. The minimum absolute atomic E-state index is 0.514. The number of para-hydroxylation sites is 1. The third-order valence-corrected chi connectivity index (χ3v) is 4.84. The highest BCUT2D eigenvalue weighted by atomic mass is 16.5. The molecule has 1 aliphatic rings. The van der Waals surface area contributed by atoms with Gasteiger partial charge in [-0.1, -0.05) is 42.0 Å². The number of nitrogens with one attached hydrogen (secondary N) is 2. The second-order valence-electron chi connectivity index (χ2n) is 7.14. The predicted molar refractivity (Wildman–Crippen MR) is 116 cm³/mol. The molecule has 4 rings (SSSR count). The topological polar surface area (TPSA) is 74.7 Å². The van der Waals surface area contributed by atoms with Crippen LogP contribution in [0.4, 0.5) is 5.95 Å². The van der Waals surface area contributed by atoms with Crippen molar-refractivity contribution in [2.45, 2.75) is 27.3 Å². The number of aromatic nitrogens is 2. The molecule has 0 fully saturated rings. The Bertz CT molecular complexity index is 1030. The highest BCUT2D eigenvalue weighted by Crippen LogP contribution is 2.26. The summed E-state index contributed by atoms with van der Waals surface area (Å²) in [5, 5.41) is 7.51. The van der Waals surface area contributed by atoms with Gasteiger partial charge in [0.2, 0.25) is 11.9 Å². The number of hydrogen-bond donors (Lipinski definition) is 2. The molecule has 29 heavy (non-hydrogen) atoms. The molecule has 0 aliphatic carbocycles. The molecule has 3 aromatic rings. The Morgan fingerprint density at radius 3 is 2.66 bits per heavy atom. The lowest BCUT2D eigenvalue weighted by Crippen LogP contribution is -2.45. The molecule has 2 aromatic carbocycles. The average Bonchev–Trinajstić information content (AvgIpc) is 2.72. The summed E-state index contributed by atoms with van der Waals surface area (Å²) in [6.07, 6.45) is 0. The fraction of sp³-hybridized carbons (Fsp3) is 0.318. The Morgan fingerprint density at radius 1 is 1.10 bits per heavy atom. The van der Waals surface area contributed by atoms with Gasteiger partial charge >= 0.3 is 0 Å². The number of ether oxygens (including phenoxy) is 1. The van der Waals surface area contributed by atoms with Gasteiger partial charge in [0.1, 0.15) is 11.3 Å². The molecule has 7 nitrogen and oxygen atoms in total. The summed E-state index contributed by atoms with van der Waals surface area (Å²) < 4.78 is 5.73. The Kier molecular flexibility index (Phi) is 5.57. The van der Waals surface area contributed by atoms with E-state index in [-0.39, 0.29) is 0 Å². The van der Waals surface area contributed by atoms with Crippen molar-refractivity contribution in [3.8, 4) is 5.75 Å². The normalized spacial score (nSPS) is 14.4. The second-order valence-corrected chi connectivity index (χ2v) is 7.14. The van der Waals surface area contributed by atoms with E-state index in [2.05, 4.69) is 61.7 Å². The second kappa shape index (κ2) is 8.45. The molecule has 0 spiro atoms. The minimum atomic E-state index is 0.514. The van der Waals surface area contributed by atoms with Crippen molar-refractivity contribution in [1.82, 2.24) is 20.2 Å². The van der Waals surface area contributed by atoms with Gasteiger partial charge in [-0.3, -0.25) is 10.2 Å². The summed E-state index contributed by atoms with van der Waals surface area (Å²) in [6, 6.07) is 14.5. The van der Waals surface area contributed by atoms with Crippen LogP contribution in [0.3, 0.4) is 0 Å². The Balaban J connectivity index is 1.46. The maximum Gasteiger partial charge on any atom is 0.230 e. The van der Waals surface area contributed by atoms with Gasteiger partial charge in [0.25, 0.3) is 0 Å². The largest absolute Gasteiger partial charge is 0.492 e. The van der Waals surface area contributed by atoms with E-state index in [4.69, 9.17) is 4.74 Å². The summed E-state index contributed by atoms with van der Waals surface area (Å²) in [6.45, 7) is 8.81. The lowest BCUT2D eigenvalue weighted by molar-refractivity contribution is 0.256. The number of fused-ring (bicyclic) bond motifs is 1. The number of benzene rings is 2. The van der Waals surface area contributed by atoms with Gasteiger partial charge in [-0.15, -0.1) is 0 Å². The van der Waals surface area contributed by atoms with Crippen molar-refractivity contribution in [1.29, 1.82) is 0 Å². The van der Waals surface area contributed by atoms with Crippen LogP contribution in [0.2, 0.25) is 0 Å². The molecule has 0 saturated heterocycles. The molecule has 0 atom stereocenters.